The summed E-state index contributed by atoms with van der Waals surface area (Å²) >= 11 is 6.46. The average molecular weight is 422 g/mol. The number of rotatable bonds is 5. The van der Waals surface area contributed by atoms with E-state index in [1.54, 1.807) is 12.2 Å². The molecule has 0 saturated heterocycles. The van der Waals surface area contributed by atoms with Crippen molar-refractivity contribution in [2.45, 2.75) is 29.5 Å². The highest BCUT2D eigenvalue weighted by atomic mass is 35.5. The molecule has 1 aromatic carbocycles. The second-order valence-corrected chi connectivity index (χ2v) is 9.55. The van der Waals surface area contributed by atoms with Crippen LogP contribution in [-0.2, 0) is 19.4 Å². The fourth-order valence-electron chi connectivity index (χ4n) is 3.48. The monoisotopic (exact) mass is 421 g/mol. The van der Waals surface area contributed by atoms with Crippen LogP contribution < -0.4 is 5.32 Å². The van der Waals surface area contributed by atoms with Crippen molar-refractivity contribution in [1.82, 2.24) is 5.32 Å². The summed E-state index contributed by atoms with van der Waals surface area (Å²) in [4.78, 5) is 22.3. The van der Waals surface area contributed by atoms with Gasteiger partial charge in [0.15, 0.2) is 14.7 Å². The predicted octanol–water partition coefficient (Wildman–Crippen LogP) is 2.67. The van der Waals surface area contributed by atoms with Crippen LogP contribution in [0.2, 0.25) is 0 Å². The number of carbonyl (C=O) groups is 2. The Kier molecular flexibility index (Phi) is 5.50. The molecular formula is C20H20ClNO5S. The second-order valence-electron chi connectivity index (χ2n) is 6.86. The number of nitrogens with one attached hydrogen (secondary N) is 1. The fourth-order valence-corrected chi connectivity index (χ4v) is 5.30. The third-order valence-corrected chi connectivity index (χ3v) is 7.34. The summed E-state index contributed by atoms with van der Waals surface area (Å²) in [6.07, 6.45) is 6.66. The predicted molar refractivity (Wildman–Crippen MR) is 107 cm³/mol. The fraction of sp³-hybridized carbons (Fsp3) is 0.300. The molecule has 2 atom stereocenters. The standard InChI is InChI=1S/C20H20ClNO5S/c1-28(26,27)20(22-18(23)15-8-5-9-16(15)19(24)25)11-10-14(12-17(20)21)13-6-3-2-4-7-13/h2-4,6-7,10-12,17H,5,8-9H2,1H3,(H,22,23)(H,24,25). The van der Waals surface area contributed by atoms with Gasteiger partial charge in [0.1, 0.15) is 0 Å². The Morgan fingerprint density at radius 3 is 2.39 bits per heavy atom. The first-order chi connectivity index (χ1) is 13.2. The van der Waals surface area contributed by atoms with E-state index < -0.39 is 32.0 Å². The van der Waals surface area contributed by atoms with Crippen LogP contribution in [0.1, 0.15) is 24.8 Å². The zero-order valence-electron chi connectivity index (χ0n) is 15.2. The average Bonchev–Trinajstić information content (AvgIpc) is 3.13. The van der Waals surface area contributed by atoms with Crippen LogP contribution in [0.5, 0.6) is 0 Å². The first kappa shape index (κ1) is 20.4. The van der Waals surface area contributed by atoms with Gasteiger partial charge in [0.05, 0.1) is 5.38 Å². The van der Waals surface area contributed by atoms with Crippen LogP contribution in [-0.4, -0.2) is 41.9 Å². The molecule has 0 fully saturated rings. The number of alkyl halides is 1. The number of benzene rings is 1. The Balaban J connectivity index is 1.97. The summed E-state index contributed by atoms with van der Waals surface area (Å²) in [7, 11) is -3.87. The number of hydrogen-bond donors (Lipinski definition) is 2. The van der Waals surface area contributed by atoms with Crippen LogP contribution in [0.3, 0.4) is 0 Å². The minimum atomic E-state index is -3.87. The number of amides is 1. The summed E-state index contributed by atoms with van der Waals surface area (Å²) < 4.78 is 25.2. The Morgan fingerprint density at radius 1 is 1.18 bits per heavy atom. The molecule has 1 amide bonds. The van der Waals surface area contributed by atoms with Crippen LogP contribution >= 0.6 is 11.6 Å². The van der Waals surface area contributed by atoms with Gasteiger partial charge in [-0.1, -0.05) is 42.5 Å². The molecule has 6 nitrogen and oxygen atoms in total. The van der Waals surface area contributed by atoms with Gasteiger partial charge in [-0.05, 0) is 36.5 Å². The summed E-state index contributed by atoms with van der Waals surface area (Å²) in [5.74, 6) is -1.88. The maximum atomic E-state index is 12.8. The maximum Gasteiger partial charge on any atom is 0.332 e. The van der Waals surface area contributed by atoms with E-state index in [9.17, 15) is 23.1 Å². The number of allylic oxidation sites excluding steroid dienone is 2. The summed E-state index contributed by atoms with van der Waals surface area (Å²) in [6, 6.07) is 9.31. The van der Waals surface area contributed by atoms with Crippen LogP contribution in [0.15, 0.2) is 59.7 Å². The van der Waals surface area contributed by atoms with Gasteiger partial charge in [-0.15, -0.1) is 11.6 Å². The number of carboxylic acids is 1. The van der Waals surface area contributed by atoms with Crippen molar-refractivity contribution < 1.29 is 23.1 Å². The van der Waals surface area contributed by atoms with Crippen LogP contribution in [0.25, 0.3) is 5.57 Å². The van der Waals surface area contributed by atoms with E-state index in [-0.39, 0.29) is 24.0 Å². The van der Waals surface area contributed by atoms with Crippen molar-refractivity contribution in [3.63, 3.8) is 0 Å². The molecule has 0 aliphatic heterocycles. The second kappa shape index (κ2) is 7.56. The Hall–Kier alpha value is -2.38. The molecular weight excluding hydrogens is 402 g/mol. The van der Waals surface area contributed by atoms with E-state index in [1.165, 1.54) is 6.08 Å². The number of carbonyl (C=O) groups excluding carboxylic acids is 1. The molecule has 2 aliphatic carbocycles. The molecule has 0 radical (unpaired) electrons. The smallest absolute Gasteiger partial charge is 0.332 e. The summed E-state index contributed by atoms with van der Waals surface area (Å²) in [5.41, 5.74) is 1.73. The van der Waals surface area contributed by atoms with Crippen LogP contribution in [0, 0.1) is 0 Å². The Bertz CT molecular complexity index is 1010. The van der Waals surface area contributed by atoms with Gasteiger partial charge in [0, 0.05) is 17.4 Å². The molecule has 0 aromatic heterocycles. The van der Waals surface area contributed by atoms with Crippen molar-refractivity contribution in [1.29, 1.82) is 0 Å². The van der Waals surface area contributed by atoms with Gasteiger partial charge in [-0.3, -0.25) is 4.79 Å². The van der Waals surface area contributed by atoms with E-state index in [0.29, 0.717) is 6.42 Å². The lowest BCUT2D eigenvalue weighted by Gasteiger charge is -2.35. The minimum Gasteiger partial charge on any atom is -0.478 e. The van der Waals surface area contributed by atoms with Crippen molar-refractivity contribution in [3.8, 4) is 0 Å². The number of hydrogen-bond acceptors (Lipinski definition) is 4. The molecule has 0 heterocycles. The first-order valence-electron chi connectivity index (χ1n) is 8.73. The topological polar surface area (TPSA) is 101 Å². The minimum absolute atomic E-state index is 0.0209. The lowest BCUT2D eigenvalue weighted by molar-refractivity contribution is -0.133. The highest BCUT2D eigenvalue weighted by molar-refractivity contribution is 7.92. The third kappa shape index (κ3) is 3.64. The molecule has 8 heteroatoms. The zero-order chi connectivity index (χ0) is 20.5. The Labute approximate surface area is 168 Å². The van der Waals surface area contributed by atoms with E-state index in [0.717, 1.165) is 17.4 Å². The number of carboxylic acid groups (broad SMARTS) is 1. The molecule has 2 N–H and O–H groups in total. The molecule has 0 saturated carbocycles. The van der Waals surface area contributed by atoms with Crippen LogP contribution in [0.4, 0.5) is 0 Å². The third-order valence-electron chi connectivity index (χ3n) is 5.03. The lowest BCUT2D eigenvalue weighted by Crippen LogP contribution is -2.59. The van der Waals surface area contributed by atoms with Gasteiger partial charge >= 0.3 is 5.97 Å². The van der Waals surface area contributed by atoms with Gasteiger partial charge in [0.25, 0.3) is 0 Å². The molecule has 3 rings (SSSR count). The highest BCUT2D eigenvalue weighted by Crippen LogP contribution is 2.35. The molecule has 28 heavy (non-hydrogen) atoms. The van der Waals surface area contributed by atoms with Gasteiger partial charge < -0.3 is 10.4 Å². The van der Waals surface area contributed by atoms with E-state index in [1.807, 2.05) is 30.3 Å². The number of sulfone groups is 1. The van der Waals surface area contributed by atoms with E-state index in [2.05, 4.69) is 5.32 Å². The van der Waals surface area contributed by atoms with Crippen molar-refractivity contribution in [3.05, 3.63) is 65.3 Å². The summed E-state index contributed by atoms with van der Waals surface area (Å²) in [5, 5.41) is 10.7. The quantitative estimate of drug-likeness (QED) is 0.712. The van der Waals surface area contributed by atoms with Gasteiger partial charge in [-0.25, -0.2) is 13.2 Å². The first-order valence-corrected chi connectivity index (χ1v) is 11.1. The largest absolute Gasteiger partial charge is 0.478 e. The SMILES string of the molecule is CS(=O)(=O)C1(NC(=O)C2=C(C(=O)O)CCC2)C=CC(c2ccccc2)=CC1Cl. The lowest BCUT2D eigenvalue weighted by atomic mass is 9.96. The molecule has 0 spiro atoms. The van der Waals surface area contributed by atoms with E-state index in [4.69, 9.17) is 11.6 Å². The van der Waals surface area contributed by atoms with Gasteiger partial charge in [-0.2, -0.15) is 0 Å². The van der Waals surface area contributed by atoms with Crippen molar-refractivity contribution in [2.24, 2.45) is 0 Å². The van der Waals surface area contributed by atoms with Crippen molar-refractivity contribution >= 4 is 38.9 Å². The van der Waals surface area contributed by atoms with Crippen molar-refractivity contribution in [2.75, 3.05) is 6.26 Å². The molecule has 2 unspecified atom stereocenters. The normalized spacial score (nSPS) is 24.8. The molecule has 1 aromatic rings. The van der Waals surface area contributed by atoms with Gasteiger partial charge in [0.2, 0.25) is 5.91 Å². The number of halogens is 1. The zero-order valence-corrected chi connectivity index (χ0v) is 16.8. The molecule has 2 aliphatic rings. The number of aliphatic carboxylic acids is 1. The molecule has 148 valence electrons. The highest BCUT2D eigenvalue weighted by Gasteiger charge is 2.48. The molecule has 0 bridgehead atoms. The Morgan fingerprint density at radius 2 is 1.82 bits per heavy atom. The summed E-state index contributed by atoms with van der Waals surface area (Å²) in [6.45, 7) is 0. The van der Waals surface area contributed by atoms with E-state index >= 15 is 0 Å². The maximum absolute atomic E-state index is 12.8.